The zero-order valence-corrected chi connectivity index (χ0v) is 15.5. The first-order valence-electron chi connectivity index (χ1n) is 9.03. The Hall–Kier alpha value is -2.32. The van der Waals surface area contributed by atoms with Gasteiger partial charge in [-0.15, -0.1) is 5.10 Å². The molecule has 1 atom stereocenters. The number of hydrogen-bond acceptors (Lipinski definition) is 6. The smallest absolute Gasteiger partial charge is 0.184 e. The Kier molecular flexibility index (Phi) is 5.18. The maximum atomic E-state index is 14.1. The highest BCUT2D eigenvalue weighted by Crippen LogP contribution is 2.29. The second-order valence-electron chi connectivity index (χ2n) is 6.67. The third-order valence-corrected chi connectivity index (χ3v) is 5.37. The number of benzene rings is 1. The van der Waals surface area contributed by atoms with Crippen molar-refractivity contribution in [2.24, 2.45) is 0 Å². The van der Waals surface area contributed by atoms with Crippen molar-refractivity contribution in [2.75, 3.05) is 18.1 Å². The maximum absolute atomic E-state index is 14.1. The standard InChI is InChI=1S/C18H20ClFN6O/c19-14-5-3-6-15(20)13(14)10-26-18-16(23-24-26)17(21-11-22-18)25-8-2-1-4-12(25)7-9-27/h3,5-6,11-12,27H,1-2,4,7-10H2. The first-order valence-corrected chi connectivity index (χ1v) is 9.41. The molecule has 1 aliphatic heterocycles. The monoisotopic (exact) mass is 390 g/mol. The lowest BCUT2D eigenvalue weighted by molar-refractivity contribution is 0.262. The van der Waals surface area contributed by atoms with Crippen molar-refractivity contribution in [2.45, 2.75) is 38.3 Å². The van der Waals surface area contributed by atoms with Crippen LogP contribution in [0.3, 0.4) is 0 Å². The Bertz CT molecular complexity index is 926. The first-order chi connectivity index (χ1) is 13.2. The van der Waals surface area contributed by atoms with Crippen molar-refractivity contribution >= 4 is 28.6 Å². The highest BCUT2D eigenvalue weighted by atomic mass is 35.5. The van der Waals surface area contributed by atoms with Gasteiger partial charge in [0.1, 0.15) is 12.1 Å². The van der Waals surface area contributed by atoms with Gasteiger partial charge < -0.3 is 10.0 Å². The van der Waals surface area contributed by atoms with Crippen LogP contribution < -0.4 is 4.90 Å². The normalized spacial score (nSPS) is 17.6. The molecule has 1 unspecified atom stereocenters. The van der Waals surface area contributed by atoms with Gasteiger partial charge in [0, 0.05) is 29.8 Å². The van der Waals surface area contributed by atoms with Gasteiger partial charge >= 0.3 is 0 Å². The van der Waals surface area contributed by atoms with Gasteiger partial charge in [0.2, 0.25) is 0 Å². The SMILES string of the molecule is OCCC1CCCCN1c1ncnc2c1nnn2Cc1c(F)cccc1Cl. The van der Waals surface area contributed by atoms with Crippen LogP contribution >= 0.6 is 11.6 Å². The second-order valence-corrected chi connectivity index (χ2v) is 7.08. The highest BCUT2D eigenvalue weighted by molar-refractivity contribution is 6.31. The summed E-state index contributed by atoms with van der Waals surface area (Å²) in [4.78, 5) is 10.9. The van der Waals surface area contributed by atoms with Gasteiger partial charge in [-0.2, -0.15) is 0 Å². The summed E-state index contributed by atoms with van der Waals surface area (Å²) in [6.07, 6.45) is 5.36. The molecule has 1 fully saturated rings. The molecular weight excluding hydrogens is 371 g/mol. The zero-order chi connectivity index (χ0) is 18.8. The molecule has 3 heterocycles. The molecule has 0 spiro atoms. The van der Waals surface area contributed by atoms with Crippen LogP contribution in [-0.2, 0) is 6.54 Å². The fourth-order valence-corrected chi connectivity index (χ4v) is 3.88. The third kappa shape index (κ3) is 3.46. The van der Waals surface area contributed by atoms with Gasteiger partial charge in [0.25, 0.3) is 0 Å². The average Bonchev–Trinajstić information content (AvgIpc) is 3.09. The van der Waals surface area contributed by atoms with Crippen molar-refractivity contribution in [1.82, 2.24) is 25.0 Å². The minimum Gasteiger partial charge on any atom is -0.396 e. The van der Waals surface area contributed by atoms with E-state index in [1.54, 1.807) is 12.1 Å². The van der Waals surface area contributed by atoms with E-state index in [-0.39, 0.29) is 25.0 Å². The van der Waals surface area contributed by atoms with Crippen LogP contribution in [0.5, 0.6) is 0 Å². The summed E-state index contributed by atoms with van der Waals surface area (Å²) in [5.41, 5.74) is 1.46. The van der Waals surface area contributed by atoms with Crippen molar-refractivity contribution < 1.29 is 9.50 Å². The third-order valence-electron chi connectivity index (χ3n) is 5.01. The van der Waals surface area contributed by atoms with Crippen LogP contribution in [0.15, 0.2) is 24.5 Å². The number of anilines is 1. The lowest BCUT2D eigenvalue weighted by Crippen LogP contribution is -2.40. The van der Waals surface area contributed by atoms with E-state index in [1.165, 1.54) is 17.1 Å². The number of halogens is 2. The fraction of sp³-hybridized carbons (Fsp3) is 0.444. The van der Waals surface area contributed by atoms with Gasteiger partial charge in [-0.05, 0) is 37.8 Å². The predicted octanol–water partition coefficient (Wildman–Crippen LogP) is 2.80. The predicted molar refractivity (Wildman–Crippen MR) is 100 cm³/mol. The van der Waals surface area contributed by atoms with E-state index in [1.807, 2.05) is 0 Å². The fourth-order valence-electron chi connectivity index (χ4n) is 3.66. The molecule has 9 heteroatoms. The van der Waals surface area contributed by atoms with Crippen LogP contribution in [0.25, 0.3) is 11.2 Å². The summed E-state index contributed by atoms with van der Waals surface area (Å²) in [6, 6.07) is 4.80. The van der Waals surface area contributed by atoms with Crippen LogP contribution in [-0.4, -0.2) is 49.3 Å². The summed E-state index contributed by atoms with van der Waals surface area (Å²) in [5, 5.41) is 18.1. The van der Waals surface area contributed by atoms with Crippen LogP contribution in [0.1, 0.15) is 31.2 Å². The molecular formula is C18H20ClFN6O. The molecule has 1 aliphatic rings. The summed E-state index contributed by atoms with van der Waals surface area (Å²) in [5.74, 6) is 0.323. The number of aromatic nitrogens is 5. The number of piperidine rings is 1. The molecule has 0 amide bonds. The van der Waals surface area contributed by atoms with Crippen molar-refractivity contribution in [3.63, 3.8) is 0 Å². The van der Waals surface area contributed by atoms with Gasteiger partial charge in [-0.25, -0.2) is 19.0 Å². The number of nitrogens with zero attached hydrogens (tertiary/aromatic N) is 6. The summed E-state index contributed by atoms with van der Waals surface area (Å²) < 4.78 is 15.7. The van der Waals surface area contributed by atoms with Gasteiger partial charge in [0.15, 0.2) is 17.0 Å². The van der Waals surface area contributed by atoms with Gasteiger partial charge in [0.05, 0.1) is 6.54 Å². The number of aliphatic hydroxyl groups excluding tert-OH is 1. The van der Waals surface area contributed by atoms with Crippen molar-refractivity contribution in [3.05, 3.63) is 40.9 Å². The maximum Gasteiger partial charge on any atom is 0.184 e. The molecule has 142 valence electrons. The second kappa shape index (κ2) is 7.74. The Morgan fingerprint density at radius 3 is 2.96 bits per heavy atom. The van der Waals surface area contributed by atoms with Crippen LogP contribution in [0, 0.1) is 5.82 Å². The zero-order valence-electron chi connectivity index (χ0n) is 14.7. The largest absolute Gasteiger partial charge is 0.396 e. The Labute approximate surface area is 160 Å². The Morgan fingerprint density at radius 2 is 2.15 bits per heavy atom. The molecule has 4 rings (SSSR count). The molecule has 1 aromatic carbocycles. The lowest BCUT2D eigenvalue weighted by atomic mass is 9.99. The van der Waals surface area contributed by atoms with E-state index in [4.69, 9.17) is 11.6 Å². The quantitative estimate of drug-likeness (QED) is 0.721. The van der Waals surface area contributed by atoms with Crippen LogP contribution in [0.2, 0.25) is 5.02 Å². The van der Waals surface area contributed by atoms with E-state index in [2.05, 4.69) is 25.2 Å². The molecule has 3 aromatic rings. The van der Waals surface area contributed by atoms with E-state index in [0.717, 1.165) is 25.8 Å². The van der Waals surface area contributed by atoms with Gasteiger partial charge in [-0.1, -0.05) is 22.9 Å². The minimum absolute atomic E-state index is 0.133. The highest BCUT2D eigenvalue weighted by Gasteiger charge is 2.26. The molecule has 27 heavy (non-hydrogen) atoms. The van der Waals surface area contributed by atoms with E-state index in [9.17, 15) is 9.50 Å². The number of hydrogen-bond donors (Lipinski definition) is 1. The molecule has 1 N–H and O–H groups in total. The molecule has 2 aromatic heterocycles. The molecule has 0 aliphatic carbocycles. The lowest BCUT2D eigenvalue weighted by Gasteiger charge is -2.36. The summed E-state index contributed by atoms with van der Waals surface area (Å²) in [7, 11) is 0. The van der Waals surface area contributed by atoms with E-state index >= 15 is 0 Å². The van der Waals surface area contributed by atoms with Crippen molar-refractivity contribution in [3.8, 4) is 0 Å². The number of fused-ring (bicyclic) bond motifs is 1. The van der Waals surface area contributed by atoms with Gasteiger partial charge in [-0.3, -0.25) is 0 Å². The Morgan fingerprint density at radius 1 is 1.26 bits per heavy atom. The van der Waals surface area contributed by atoms with Crippen molar-refractivity contribution in [1.29, 1.82) is 0 Å². The van der Waals surface area contributed by atoms with E-state index < -0.39 is 0 Å². The average molecular weight is 391 g/mol. The molecule has 0 bridgehead atoms. The Balaban J connectivity index is 1.71. The summed E-state index contributed by atoms with van der Waals surface area (Å²) >= 11 is 6.14. The molecule has 7 nitrogen and oxygen atoms in total. The topological polar surface area (TPSA) is 80.0 Å². The first kappa shape index (κ1) is 18.1. The molecule has 0 radical (unpaired) electrons. The molecule has 1 saturated heterocycles. The minimum atomic E-state index is -0.389. The number of rotatable bonds is 5. The molecule has 0 saturated carbocycles. The van der Waals surface area contributed by atoms with Crippen LogP contribution in [0.4, 0.5) is 10.2 Å². The summed E-state index contributed by atoms with van der Waals surface area (Å²) in [6.45, 7) is 1.12. The number of aliphatic hydroxyl groups is 1. The van der Waals surface area contributed by atoms with E-state index in [0.29, 0.717) is 34.0 Å².